The Balaban J connectivity index is 1.94. The Hall–Kier alpha value is -2.37. The molecule has 2 rings (SSSR count). The van der Waals surface area contributed by atoms with Crippen LogP contribution in [0.15, 0.2) is 18.2 Å². The molecule has 11 heteroatoms. The third-order valence-corrected chi connectivity index (χ3v) is 8.58. The fraction of sp³-hybridized carbons (Fsp3) is 0.719. The summed E-state index contributed by atoms with van der Waals surface area (Å²) in [6.07, 6.45) is 0.0000434. The van der Waals surface area contributed by atoms with Gasteiger partial charge in [0, 0.05) is 37.4 Å². The lowest BCUT2D eigenvalue weighted by molar-refractivity contribution is -0.159. The van der Waals surface area contributed by atoms with Crippen LogP contribution in [0.1, 0.15) is 74.8 Å². The summed E-state index contributed by atoms with van der Waals surface area (Å²) in [5, 5.41) is 3.26. The first kappa shape index (κ1) is 36.8. The van der Waals surface area contributed by atoms with E-state index in [0.717, 1.165) is 43.1 Å². The largest absolute Gasteiger partial charge is 0.492 e. The summed E-state index contributed by atoms with van der Waals surface area (Å²) in [6.45, 7) is 22.0. The van der Waals surface area contributed by atoms with Crippen LogP contribution in [-0.4, -0.2) is 101 Å². The van der Waals surface area contributed by atoms with E-state index >= 15 is 0 Å². The van der Waals surface area contributed by atoms with Gasteiger partial charge in [0.25, 0.3) is 0 Å². The van der Waals surface area contributed by atoms with Crippen LogP contribution in [0.2, 0.25) is 0 Å². The van der Waals surface area contributed by atoms with Crippen LogP contribution in [0.3, 0.4) is 0 Å². The molecule has 10 nitrogen and oxygen atoms in total. The van der Waals surface area contributed by atoms with Gasteiger partial charge in [0.15, 0.2) is 4.32 Å². The van der Waals surface area contributed by atoms with Gasteiger partial charge in [-0.3, -0.25) is 19.4 Å². The zero-order chi connectivity index (χ0) is 32.8. The fourth-order valence-corrected chi connectivity index (χ4v) is 5.29. The SMILES string of the molecule is CCc1cc(NC(C)(C)C(=O)OC(C)C(C)(Br)C(=O)OC)ccc1OCCN1C[C@@H](C)N(CC(=O)OC(C)(C)C)[C@@H](C)C1. The number of carbonyl (C=O) groups is 3. The Bertz CT molecular complexity index is 1110. The van der Waals surface area contributed by atoms with Crippen LogP contribution >= 0.6 is 15.9 Å². The molecule has 1 heterocycles. The molecule has 1 aliphatic rings. The summed E-state index contributed by atoms with van der Waals surface area (Å²) in [5.74, 6) is -0.406. The molecule has 0 amide bonds. The number of nitrogens with one attached hydrogen (secondary N) is 1. The quantitative estimate of drug-likeness (QED) is 0.179. The van der Waals surface area contributed by atoms with E-state index in [1.807, 2.05) is 39.0 Å². The molecule has 1 aromatic carbocycles. The number of alkyl halides is 1. The molecule has 43 heavy (non-hydrogen) atoms. The standard InChI is InChI=1S/C32H52BrN3O7/c1-12-24-17-25(34-31(8,9)28(38)42-23(4)32(10,33)29(39)40-11)13-14-26(24)41-16-15-35-18-21(2)36(22(3)19-35)20-27(37)43-30(5,6)7/h13-14,17,21-23,34H,12,15-16,18-20H2,1-11H3/t21-,22+,23?,32?. The minimum absolute atomic E-state index is 0.191. The maximum absolute atomic E-state index is 13.0. The molecule has 0 saturated carbocycles. The first-order chi connectivity index (χ1) is 19.8. The summed E-state index contributed by atoms with van der Waals surface area (Å²) in [7, 11) is 1.29. The Kier molecular flexibility index (Phi) is 12.9. The lowest BCUT2D eigenvalue weighted by Gasteiger charge is -2.44. The number of hydrogen-bond donors (Lipinski definition) is 1. The van der Waals surface area contributed by atoms with Crippen molar-refractivity contribution in [2.45, 2.75) is 109 Å². The van der Waals surface area contributed by atoms with Gasteiger partial charge in [-0.1, -0.05) is 22.9 Å². The summed E-state index contributed by atoms with van der Waals surface area (Å²) in [5.41, 5.74) is 0.236. The van der Waals surface area contributed by atoms with Crippen molar-refractivity contribution in [2.24, 2.45) is 0 Å². The molecular weight excluding hydrogens is 618 g/mol. The number of esters is 3. The smallest absolute Gasteiger partial charge is 0.331 e. The highest BCUT2D eigenvalue weighted by atomic mass is 79.9. The van der Waals surface area contributed by atoms with E-state index in [4.69, 9.17) is 18.9 Å². The van der Waals surface area contributed by atoms with Gasteiger partial charge >= 0.3 is 17.9 Å². The van der Waals surface area contributed by atoms with Gasteiger partial charge in [-0.25, -0.2) is 4.79 Å². The predicted molar refractivity (Wildman–Crippen MR) is 172 cm³/mol. The van der Waals surface area contributed by atoms with E-state index in [-0.39, 0.29) is 18.1 Å². The number of carbonyl (C=O) groups excluding carboxylic acids is 3. The molecule has 0 aliphatic carbocycles. The van der Waals surface area contributed by atoms with Gasteiger partial charge < -0.3 is 24.3 Å². The minimum Gasteiger partial charge on any atom is -0.492 e. The number of nitrogens with zero attached hydrogens (tertiary/aromatic N) is 2. The highest BCUT2D eigenvalue weighted by Crippen LogP contribution is 2.29. The molecule has 0 aromatic heterocycles. The molecule has 0 spiro atoms. The van der Waals surface area contributed by atoms with Crippen molar-refractivity contribution in [1.29, 1.82) is 0 Å². The van der Waals surface area contributed by atoms with Gasteiger partial charge in [0.2, 0.25) is 0 Å². The average molecular weight is 671 g/mol. The van der Waals surface area contributed by atoms with Crippen molar-refractivity contribution in [3.05, 3.63) is 23.8 Å². The number of rotatable bonds is 13. The molecule has 1 saturated heterocycles. The third-order valence-electron chi connectivity index (χ3n) is 7.61. The molecule has 0 bridgehead atoms. The highest BCUT2D eigenvalue weighted by molar-refractivity contribution is 9.10. The molecule has 2 unspecified atom stereocenters. The normalized spacial score (nSPS) is 20.5. The number of halogens is 1. The monoisotopic (exact) mass is 669 g/mol. The lowest BCUT2D eigenvalue weighted by atomic mass is 10.0. The molecule has 1 aromatic rings. The Labute approximate surface area is 266 Å². The molecule has 0 radical (unpaired) electrons. The van der Waals surface area contributed by atoms with Crippen LogP contribution in [-0.2, 0) is 35.0 Å². The topological polar surface area (TPSA) is 107 Å². The molecule has 4 atom stereocenters. The van der Waals surface area contributed by atoms with Crippen LogP contribution < -0.4 is 10.1 Å². The summed E-state index contributed by atoms with van der Waals surface area (Å²) in [4.78, 5) is 42.1. The maximum atomic E-state index is 13.0. The molecular formula is C32H52BrN3O7. The van der Waals surface area contributed by atoms with Gasteiger partial charge in [0.05, 0.1) is 13.7 Å². The molecule has 1 N–H and O–H groups in total. The van der Waals surface area contributed by atoms with E-state index < -0.39 is 33.5 Å². The lowest BCUT2D eigenvalue weighted by Crippen LogP contribution is -2.58. The van der Waals surface area contributed by atoms with E-state index in [9.17, 15) is 14.4 Å². The fourth-order valence-electron chi connectivity index (χ4n) is 5.04. The maximum Gasteiger partial charge on any atom is 0.331 e. The van der Waals surface area contributed by atoms with E-state index in [1.165, 1.54) is 7.11 Å². The van der Waals surface area contributed by atoms with Crippen molar-refractivity contribution in [3.63, 3.8) is 0 Å². The second-order valence-corrected chi connectivity index (χ2v) is 14.8. The van der Waals surface area contributed by atoms with Gasteiger partial charge in [0.1, 0.15) is 29.6 Å². The van der Waals surface area contributed by atoms with Gasteiger partial charge in [-0.2, -0.15) is 0 Å². The number of anilines is 1. The number of aryl methyl sites for hydroxylation is 1. The second-order valence-electron chi connectivity index (χ2n) is 13.1. The third kappa shape index (κ3) is 10.6. The molecule has 244 valence electrons. The number of piperazine rings is 1. The number of hydrogen-bond acceptors (Lipinski definition) is 10. The van der Waals surface area contributed by atoms with Crippen molar-refractivity contribution >= 4 is 39.5 Å². The Morgan fingerprint density at radius 2 is 1.65 bits per heavy atom. The average Bonchev–Trinajstić information content (AvgIpc) is 2.89. The highest BCUT2D eigenvalue weighted by Gasteiger charge is 2.42. The van der Waals surface area contributed by atoms with Crippen molar-refractivity contribution in [2.75, 3.05) is 45.2 Å². The van der Waals surface area contributed by atoms with Crippen molar-refractivity contribution in [1.82, 2.24) is 9.80 Å². The summed E-state index contributed by atoms with van der Waals surface area (Å²) >= 11 is 3.33. The van der Waals surface area contributed by atoms with Crippen LogP contribution in [0.25, 0.3) is 0 Å². The van der Waals surface area contributed by atoms with E-state index in [0.29, 0.717) is 13.2 Å². The summed E-state index contributed by atoms with van der Waals surface area (Å²) in [6, 6.07) is 6.22. The molecule has 1 fully saturated rings. The number of methoxy groups -OCH3 is 1. The van der Waals surface area contributed by atoms with Crippen LogP contribution in [0.4, 0.5) is 5.69 Å². The zero-order valence-electron chi connectivity index (χ0n) is 27.8. The predicted octanol–water partition coefficient (Wildman–Crippen LogP) is 4.81. The van der Waals surface area contributed by atoms with Crippen molar-refractivity contribution in [3.8, 4) is 5.75 Å². The van der Waals surface area contributed by atoms with Gasteiger partial charge in [-0.15, -0.1) is 0 Å². The number of ether oxygens (including phenoxy) is 4. The van der Waals surface area contributed by atoms with Gasteiger partial charge in [-0.05, 0) is 92.5 Å². The van der Waals surface area contributed by atoms with Crippen LogP contribution in [0.5, 0.6) is 5.75 Å². The summed E-state index contributed by atoms with van der Waals surface area (Å²) < 4.78 is 21.0. The first-order valence-electron chi connectivity index (χ1n) is 15.0. The Morgan fingerprint density at radius 3 is 2.19 bits per heavy atom. The zero-order valence-corrected chi connectivity index (χ0v) is 29.4. The number of benzene rings is 1. The first-order valence-corrected chi connectivity index (χ1v) is 15.8. The van der Waals surface area contributed by atoms with E-state index in [2.05, 4.69) is 51.8 Å². The Morgan fingerprint density at radius 1 is 1.05 bits per heavy atom. The molecule has 1 aliphatic heterocycles. The van der Waals surface area contributed by atoms with E-state index in [1.54, 1.807) is 27.7 Å². The second kappa shape index (κ2) is 15.1. The minimum atomic E-state index is -1.16. The van der Waals surface area contributed by atoms with Crippen LogP contribution in [0, 0.1) is 0 Å². The van der Waals surface area contributed by atoms with Crippen molar-refractivity contribution < 1.29 is 33.3 Å².